The molecule has 1 aromatic heterocycles. The Kier molecular flexibility index (Phi) is 21.0. The lowest BCUT2D eigenvalue weighted by Crippen LogP contribution is -1.85. The summed E-state index contributed by atoms with van der Waals surface area (Å²) >= 11 is 0. The second-order valence-electron chi connectivity index (χ2n) is 5.00. The summed E-state index contributed by atoms with van der Waals surface area (Å²) < 4.78 is 0. The Morgan fingerprint density at radius 3 is 1.22 bits per heavy atom. The molecular weight excluding hydrogens is 278 g/mol. The molecule has 0 aliphatic rings. The molecular formula is C22H39N. The lowest BCUT2D eigenvalue weighted by molar-refractivity contribution is 0.863. The smallest absolute Gasteiger partial charge is 0.0270 e. The Labute approximate surface area is 146 Å². The second kappa shape index (κ2) is 18.4. The van der Waals surface area contributed by atoms with E-state index in [1.165, 1.54) is 11.1 Å². The highest BCUT2D eigenvalue weighted by Crippen LogP contribution is 2.12. The zero-order chi connectivity index (χ0) is 17.4. The average molecular weight is 318 g/mol. The van der Waals surface area contributed by atoms with Crippen molar-refractivity contribution in [3.05, 3.63) is 66.0 Å². The maximum atomic E-state index is 3.93. The van der Waals surface area contributed by atoms with Gasteiger partial charge in [-0.05, 0) is 35.1 Å². The molecule has 0 saturated carbocycles. The Hall–Kier alpha value is -1.63. The first-order valence-corrected chi connectivity index (χ1v) is 8.56. The van der Waals surface area contributed by atoms with Crippen molar-refractivity contribution in [1.29, 1.82) is 0 Å². The highest BCUT2D eigenvalue weighted by atomic mass is 14.6. The number of rotatable bonds is 2. The number of pyridine rings is 1. The summed E-state index contributed by atoms with van der Waals surface area (Å²) in [5, 5.41) is 0. The predicted molar refractivity (Wildman–Crippen MR) is 108 cm³/mol. The summed E-state index contributed by atoms with van der Waals surface area (Å²) in [6, 6.07) is 14.6. The van der Waals surface area contributed by atoms with E-state index in [4.69, 9.17) is 0 Å². The number of nitrogens with zero attached hydrogens (tertiary/aromatic N) is 1. The summed E-state index contributed by atoms with van der Waals surface area (Å²) in [5.74, 6) is 1.28. The van der Waals surface area contributed by atoms with Gasteiger partial charge in [0, 0.05) is 12.4 Å². The van der Waals surface area contributed by atoms with Crippen LogP contribution in [0.1, 0.15) is 85.8 Å². The summed E-state index contributed by atoms with van der Waals surface area (Å²) in [6.45, 7) is 16.8. The first-order valence-electron chi connectivity index (χ1n) is 8.56. The quantitative estimate of drug-likeness (QED) is 0.553. The molecule has 0 atom stereocenters. The van der Waals surface area contributed by atoms with Crippen LogP contribution in [0.25, 0.3) is 0 Å². The molecule has 2 rings (SSSR count). The monoisotopic (exact) mass is 317 g/mol. The lowest BCUT2D eigenvalue weighted by atomic mass is 10.0. The molecule has 0 spiro atoms. The fourth-order valence-corrected chi connectivity index (χ4v) is 1.59. The summed E-state index contributed by atoms with van der Waals surface area (Å²) in [4.78, 5) is 3.93. The van der Waals surface area contributed by atoms with E-state index >= 15 is 0 Å². The van der Waals surface area contributed by atoms with Crippen LogP contribution >= 0.6 is 0 Å². The minimum Gasteiger partial charge on any atom is -0.265 e. The second-order valence-corrected chi connectivity index (χ2v) is 5.00. The summed E-state index contributed by atoms with van der Waals surface area (Å²) in [5.41, 5.74) is 2.77. The van der Waals surface area contributed by atoms with Gasteiger partial charge in [0.25, 0.3) is 0 Å². The van der Waals surface area contributed by atoms with Crippen LogP contribution in [0.2, 0.25) is 0 Å². The molecule has 23 heavy (non-hydrogen) atoms. The average Bonchev–Trinajstić information content (AvgIpc) is 2.60. The van der Waals surface area contributed by atoms with E-state index in [0.29, 0.717) is 11.8 Å². The highest BCUT2D eigenvalue weighted by molar-refractivity contribution is 5.17. The number of hydrogen-bond acceptors (Lipinski definition) is 1. The molecule has 0 saturated heterocycles. The Bertz CT molecular complexity index is 375. The Morgan fingerprint density at radius 2 is 0.957 bits per heavy atom. The van der Waals surface area contributed by atoms with Crippen molar-refractivity contribution in [2.45, 2.75) is 74.7 Å². The molecule has 1 aromatic carbocycles. The minimum absolute atomic E-state index is 0. The molecule has 2 aromatic rings. The first-order chi connectivity index (χ1) is 10.6. The molecule has 0 aliphatic heterocycles. The topological polar surface area (TPSA) is 12.9 Å². The van der Waals surface area contributed by atoms with Gasteiger partial charge in [0.15, 0.2) is 0 Å². The molecule has 0 aliphatic carbocycles. The van der Waals surface area contributed by atoms with Gasteiger partial charge in [-0.15, -0.1) is 0 Å². The summed E-state index contributed by atoms with van der Waals surface area (Å²) in [7, 11) is 0. The van der Waals surface area contributed by atoms with Crippen LogP contribution in [0, 0.1) is 0 Å². The number of aromatic nitrogens is 1. The molecule has 0 radical (unpaired) electrons. The van der Waals surface area contributed by atoms with Crippen molar-refractivity contribution in [3.8, 4) is 0 Å². The van der Waals surface area contributed by atoms with Crippen LogP contribution in [0.4, 0.5) is 0 Å². The van der Waals surface area contributed by atoms with E-state index < -0.39 is 0 Å². The highest BCUT2D eigenvalue weighted by Gasteiger charge is 1.94. The van der Waals surface area contributed by atoms with Crippen LogP contribution in [0.15, 0.2) is 54.9 Å². The van der Waals surface area contributed by atoms with Gasteiger partial charge in [-0.25, -0.2) is 0 Å². The van der Waals surface area contributed by atoms with Crippen LogP contribution < -0.4 is 0 Å². The molecule has 0 fully saturated rings. The molecule has 0 unspecified atom stereocenters. The van der Waals surface area contributed by atoms with Gasteiger partial charge < -0.3 is 0 Å². The maximum absolute atomic E-state index is 3.93. The van der Waals surface area contributed by atoms with Crippen LogP contribution in [-0.4, -0.2) is 4.98 Å². The molecule has 0 N–H and O–H groups in total. The van der Waals surface area contributed by atoms with Gasteiger partial charge in [0.1, 0.15) is 0 Å². The predicted octanol–water partition coefficient (Wildman–Crippen LogP) is 7.70. The fourth-order valence-electron chi connectivity index (χ4n) is 1.59. The molecule has 1 heterocycles. The van der Waals surface area contributed by atoms with Crippen LogP contribution in [0.3, 0.4) is 0 Å². The summed E-state index contributed by atoms with van der Waals surface area (Å²) in [6.07, 6.45) is 3.66. The van der Waals surface area contributed by atoms with Crippen molar-refractivity contribution in [1.82, 2.24) is 4.98 Å². The van der Waals surface area contributed by atoms with Crippen molar-refractivity contribution in [3.63, 3.8) is 0 Å². The van der Waals surface area contributed by atoms with E-state index in [-0.39, 0.29) is 7.43 Å². The molecule has 0 amide bonds. The van der Waals surface area contributed by atoms with Crippen molar-refractivity contribution >= 4 is 0 Å². The first kappa shape index (κ1) is 26.3. The van der Waals surface area contributed by atoms with Gasteiger partial charge in [-0.2, -0.15) is 0 Å². The van der Waals surface area contributed by atoms with Crippen molar-refractivity contribution in [2.75, 3.05) is 0 Å². The van der Waals surface area contributed by atoms with Crippen molar-refractivity contribution < 1.29 is 0 Å². The van der Waals surface area contributed by atoms with Crippen molar-refractivity contribution in [2.24, 2.45) is 0 Å². The number of benzene rings is 1. The Balaban J connectivity index is -0.000000276. The largest absolute Gasteiger partial charge is 0.265 e. The van der Waals surface area contributed by atoms with E-state index in [9.17, 15) is 0 Å². The molecule has 1 heteroatoms. The van der Waals surface area contributed by atoms with Crippen LogP contribution in [0.5, 0.6) is 0 Å². The third-order valence-electron chi connectivity index (χ3n) is 2.84. The molecule has 1 nitrogen and oxygen atoms in total. The standard InChI is InChI=1S/C9H12.C8H11N.2C2H6.CH4/c1-8(2)9-6-4-3-5-7-9;1-7(2)8-3-5-9-6-4-8;2*1-2;/h3-8H,1-2H3;3-7H,1-2H3;2*1-2H3;1H4. The van der Waals surface area contributed by atoms with E-state index in [0.717, 1.165) is 0 Å². The molecule has 0 bridgehead atoms. The van der Waals surface area contributed by atoms with Gasteiger partial charge in [0.05, 0.1) is 0 Å². The number of hydrogen-bond donors (Lipinski definition) is 0. The third-order valence-corrected chi connectivity index (χ3v) is 2.84. The van der Waals surface area contributed by atoms with Gasteiger partial charge in [0.2, 0.25) is 0 Å². The zero-order valence-electron chi connectivity index (χ0n) is 15.8. The third kappa shape index (κ3) is 13.7. The normalized spacial score (nSPS) is 8.43. The molecule has 132 valence electrons. The fraction of sp³-hybridized carbons (Fsp3) is 0.500. The lowest BCUT2D eigenvalue weighted by Gasteiger charge is -2.01. The van der Waals surface area contributed by atoms with E-state index in [1.807, 2.05) is 58.3 Å². The van der Waals surface area contributed by atoms with Gasteiger partial charge in [-0.3, -0.25) is 4.98 Å². The zero-order valence-corrected chi connectivity index (χ0v) is 15.8. The van der Waals surface area contributed by atoms with E-state index in [2.05, 4.69) is 56.9 Å². The van der Waals surface area contributed by atoms with E-state index in [1.54, 1.807) is 0 Å². The van der Waals surface area contributed by atoms with Gasteiger partial charge in [-0.1, -0.05) is 93.1 Å². The minimum atomic E-state index is 0. The van der Waals surface area contributed by atoms with Crippen LogP contribution in [-0.2, 0) is 0 Å². The maximum Gasteiger partial charge on any atom is 0.0270 e. The SMILES string of the molecule is C.CC.CC.CC(C)c1ccccc1.CC(C)c1ccncc1. The van der Waals surface area contributed by atoms with Gasteiger partial charge >= 0.3 is 0 Å². The Morgan fingerprint density at radius 1 is 0.609 bits per heavy atom.